The number of halogens is 1. The molecule has 1 aliphatic rings. The highest BCUT2D eigenvalue weighted by atomic mass is 19.1. The molecule has 0 spiro atoms. The summed E-state index contributed by atoms with van der Waals surface area (Å²) in [6.45, 7) is 12.7. The van der Waals surface area contributed by atoms with E-state index >= 15 is 0 Å². The van der Waals surface area contributed by atoms with Gasteiger partial charge in [-0.2, -0.15) is 0 Å². The minimum absolute atomic E-state index is 0.145. The summed E-state index contributed by atoms with van der Waals surface area (Å²) in [7, 11) is 0. The van der Waals surface area contributed by atoms with Crippen LogP contribution in [-0.4, -0.2) is 13.1 Å². The first kappa shape index (κ1) is 15.3. The first-order chi connectivity index (χ1) is 9.20. The van der Waals surface area contributed by atoms with Crippen LogP contribution in [0.15, 0.2) is 12.1 Å². The Labute approximate surface area is 122 Å². The topological polar surface area (TPSA) is 29.3 Å². The van der Waals surface area contributed by atoms with Crippen molar-refractivity contribution in [2.75, 3.05) is 18.0 Å². The summed E-state index contributed by atoms with van der Waals surface area (Å²) in [5.41, 5.74) is 9.08. The quantitative estimate of drug-likeness (QED) is 0.885. The summed E-state index contributed by atoms with van der Waals surface area (Å²) in [5.74, 6) is 0.515. The molecule has 2 rings (SSSR count). The molecule has 0 bridgehead atoms. The van der Waals surface area contributed by atoms with E-state index in [2.05, 4.69) is 25.7 Å². The summed E-state index contributed by atoms with van der Waals surface area (Å²) in [6.07, 6.45) is 1.19. The van der Waals surface area contributed by atoms with Crippen LogP contribution in [0.25, 0.3) is 0 Å². The maximum Gasteiger partial charge on any atom is 0.126 e. The van der Waals surface area contributed by atoms with Crippen molar-refractivity contribution in [2.24, 2.45) is 17.1 Å². The van der Waals surface area contributed by atoms with Crippen LogP contribution in [0.1, 0.15) is 51.3 Å². The highest BCUT2D eigenvalue weighted by molar-refractivity contribution is 5.57. The van der Waals surface area contributed by atoms with Gasteiger partial charge in [-0.3, -0.25) is 0 Å². The minimum Gasteiger partial charge on any atom is -0.371 e. The van der Waals surface area contributed by atoms with Gasteiger partial charge < -0.3 is 10.6 Å². The normalized spacial score (nSPS) is 21.4. The molecule has 0 radical (unpaired) electrons. The minimum atomic E-state index is -0.160. The van der Waals surface area contributed by atoms with Gasteiger partial charge in [-0.25, -0.2) is 4.39 Å². The Hall–Kier alpha value is -1.09. The van der Waals surface area contributed by atoms with Crippen molar-refractivity contribution >= 4 is 5.69 Å². The maximum atomic E-state index is 13.8. The van der Waals surface area contributed by atoms with Crippen LogP contribution >= 0.6 is 0 Å². The van der Waals surface area contributed by atoms with Gasteiger partial charge in [0.15, 0.2) is 0 Å². The molecule has 20 heavy (non-hydrogen) atoms. The van der Waals surface area contributed by atoms with Crippen LogP contribution < -0.4 is 10.6 Å². The van der Waals surface area contributed by atoms with Crippen LogP contribution in [0.3, 0.4) is 0 Å². The Morgan fingerprint density at radius 3 is 2.50 bits per heavy atom. The number of anilines is 1. The zero-order valence-electron chi connectivity index (χ0n) is 13.3. The first-order valence-corrected chi connectivity index (χ1v) is 7.50. The summed E-state index contributed by atoms with van der Waals surface area (Å²) in [5, 5.41) is 0. The van der Waals surface area contributed by atoms with E-state index in [0.717, 1.165) is 24.3 Å². The Morgan fingerprint density at radius 2 is 2.00 bits per heavy atom. The Kier molecular flexibility index (Phi) is 4.10. The fourth-order valence-corrected chi connectivity index (χ4v) is 3.01. The van der Waals surface area contributed by atoms with Gasteiger partial charge in [-0.05, 0) is 54.9 Å². The third-order valence-corrected chi connectivity index (χ3v) is 4.55. The van der Waals surface area contributed by atoms with Gasteiger partial charge >= 0.3 is 0 Å². The lowest BCUT2D eigenvalue weighted by atomic mass is 9.80. The van der Waals surface area contributed by atoms with Gasteiger partial charge in [0.25, 0.3) is 0 Å². The lowest BCUT2D eigenvalue weighted by molar-refractivity contribution is 0.263. The predicted molar refractivity (Wildman–Crippen MR) is 83.5 cm³/mol. The van der Waals surface area contributed by atoms with Crippen molar-refractivity contribution in [1.82, 2.24) is 0 Å². The average molecular weight is 278 g/mol. The molecule has 1 aliphatic heterocycles. The van der Waals surface area contributed by atoms with Crippen LogP contribution in [-0.2, 0) is 0 Å². The second-order valence-electron chi connectivity index (χ2n) is 7.25. The second-order valence-corrected chi connectivity index (χ2v) is 7.25. The third kappa shape index (κ3) is 2.98. The fourth-order valence-electron chi connectivity index (χ4n) is 3.01. The van der Waals surface area contributed by atoms with Crippen LogP contribution in [0.2, 0.25) is 0 Å². The molecule has 2 N–H and O–H groups in total. The Morgan fingerprint density at radius 1 is 1.35 bits per heavy atom. The summed E-state index contributed by atoms with van der Waals surface area (Å²) in [4.78, 5) is 2.38. The molecular weight excluding hydrogens is 251 g/mol. The second kappa shape index (κ2) is 5.36. The van der Waals surface area contributed by atoms with Gasteiger partial charge in [0.1, 0.15) is 5.82 Å². The van der Waals surface area contributed by atoms with E-state index in [-0.39, 0.29) is 11.9 Å². The van der Waals surface area contributed by atoms with Gasteiger partial charge in [0.05, 0.1) is 0 Å². The van der Waals surface area contributed by atoms with Crippen molar-refractivity contribution < 1.29 is 4.39 Å². The van der Waals surface area contributed by atoms with Crippen molar-refractivity contribution in [3.63, 3.8) is 0 Å². The number of rotatable bonds is 2. The first-order valence-electron chi connectivity index (χ1n) is 7.50. The fraction of sp³-hybridized carbons (Fsp3) is 0.647. The molecule has 0 saturated carbocycles. The molecule has 2 atom stereocenters. The zero-order valence-corrected chi connectivity index (χ0v) is 13.3. The standard InChI is InChI=1S/C17H27FN2/c1-11-8-16(14(12(2)19)9-15(11)18)20-7-6-13(10-20)17(3,4)5/h8-9,12-13H,6-7,10,19H2,1-5H3. The van der Waals surface area contributed by atoms with Gasteiger partial charge in [0.2, 0.25) is 0 Å². The average Bonchev–Trinajstić information content (AvgIpc) is 2.80. The summed E-state index contributed by atoms with van der Waals surface area (Å²) >= 11 is 0. The zero-order chi connectivity index (χ0) is 15.1. The number of hydrogen-bond acceptors (Lipinski definition) is 2. The van der Waals surface area contributed by atoms with Crippen LogP contribution in [0, 0.1) is 24.1 Å². The molecule has 2 unspecified atom stereocenters. The summed E-state index contributed by atoms with van der Waals surface area (Å²) in [6, 6.07) is 3.42. The van der Waals surface area contributed by atoms with Gasteiger partial charge in [-0.15, -0.1) is 0 Å². The molecule has 2 nitrogen and oxygen atoms in total. The maximum absolute atomic E-state index is 13.8. The molecule has 0 aliphatic carbocycles. The van der Waals surface area contributed by atoms with Crippen molar-refractivity contribution in [1.29, 1.82) is 0 Å². The van der Waals surface area contributed by atoms with E-state index in [0.29, 0.717) is 16.9 Å². The number of nitrogens with zero attached hydrogens (tertiary/aromatic N) is 1. The number of hydrogen-bond donors (Lipinski definition) is 1. The molecule has 3 heteroatoms. The molecule has 0 amide bonds. The van der Waals surface area contributed by atoms with E-state index in [1.807, 2.05) is 19.9 Å². The molecule has 1 aromatic rings. The molecule has 1 fully saturated rings. The van der Waals surface area contributed by atoms with E-state index in [1.165, 1.54) is 6.42 Å². The SMILES string of the molecule is Cc1cc(N2CCC(C(C)(C)C)C2)c(C(C)N)cc1F. The molecule has 1 heterocycles. The van der Waals surface area contributed by atoms with E-state index < -0.39 is 0 Å². The Balaban J connectivity index is 2.32. The van der Waals surface area contributed by atoms with E-state index in [1.54, 1.807) is 6.07 Å². The van der Waals surface area contributed by atoms with Crippen molar-refractivity contribution in [2.45, 2.75) is 47.1 Å². The molecule has 0 aromatic heterocycles. The highest BCUT2D eigenvalue weighted by Gasteiger charge is 2.32. The Bertz CT molecular complexity index is 488. The molecule has 112 valence electrons. The highest BCUT2D eigenvalue weighted by Crippen LogP contribution is 2.38. The van der Waals surface area contributed by atoms with Crippen LogP contribution in [0.4, 0.5) is 10.1 Å². The predicted octanol–water partition coefficient (Wildman–Crippen LogP) is 4.03. The number of nitrogens with two attached hydrogens (primary N) is 1. The lowest BCUT2D eigenvalue weighted by Gasteiger charge is -2.29. The van der Waals surface area contributed by atoms with Gasteiger partial charge in [0, 0.05) is 24.8 Å². The van der Waals surface area contributed by atoms with E-state index in [9.17, 15) is 4.39 Å². The summed E-state index contributed by atoms with van der Waals surface area (Å²) < 4.78 is 13.8. The monoisotopic (exact) mass is 278 g/mol. The largest absolute Gasteiger partial charge is 0.371 e. The number of aryl methyl sites for hydroxylation is 1. The molecular formula is C17H27FN2. The van der Waals surface area contributed by atoms with Crippen LogP contribution in [0.5, 0.6) is 0 Å². The lowest BCUT2D eigenvalue weighted by Crippen LogP contribution is -2.27. The van der Waals surface area contributed by atoms with Gasteiger partial charge in [-0.1, -0.05) is 20.8 Å². The van der Waals surface area contributed by atoms with Crippen molar-refractivity contribution in [3.8, 4) is 0 Å². The van der Waals surface area contributed by atoms with E-state index in [4.69, 9.17) is 5.73 Å². The third-order valence-electron chi connectivity index (χ3n) is 4.55. The smallest absolute Gasteiger partial charge is 0.126 e. The molecule has 1 aromatic carbocycles. The van der Waals surface area contributed by atoms with Crippen molar-refractivity contribution in [3.05, 3.63) is 29.1 Å². The number of benzene rings is 1. The molecule has 1 saturated heterocycles.